The van der Waals surface area contributed by atoms with Gasteiger partial charge in [0.05, 0.1) is 13.7 Å². The highest BCUT2D eigenvalue weighted by molar-refractivity contribution is 5.39. The van der Waals surface area contributed by atoms with Crippen LogP contribution >= 0.6 is 0 Å². The van der Waals surface area contributed by atoms with Crippen LogP contribution in [0.3, 0.4) is 0 Å². The zero-order valence-corrected chi connectivity index (χ0v) is 11.5. The van der Waals surface area contributed by atoms with Gasteiger partial charge in [0.1, 0.15) is 11.5 Å². The van der Waals surface area contributed by atoms with Crippen LogP contribution in [0.2, 0.25) is 0 Å². The van der Waals surface area contributed by atoms with Crippen LogP contribution in [0.15, 0.2) is 18.2 Å². The maximum absolute atomic E-state index is 9.90. The molecule has 0 bridgehead atoms. The van der Waals surface area contributed by atoms with Crippen molar-refractivity contribution in [1.82, 2.24) is 4.90 Å². The molecule has 0 amide bonds. The van der Waals surface area contributed by atoms with Gasteiger partial charge in [0.15, 0.2) is 0 Å². The number of hydrogen-bond acceptors (Lipinski definition) is 4. The molecule has 0 fully saturated rings. The first-order chi connectivity index (χ1) is 8.71. The normalized spacial score (nSPS) is 10.9. The molecule has 1 aromatic carbocycles. The highest BCUT2D eigenvalue weighted by atomic mass is 16.5. The van der Waals surface area contributed by atoms with E-state index in [1.807, 2.05) is 19.1 Å². The zero-order valence-electron chi connectivity index (χ0n) is 11.5. The average molecular weight is 253 g/mol. The molecule has 1 N–H and O–H groups in total. The predicted molar refractivity (Wildman–Crippen MR) is 72.1 cm³/mol. The molecule has 102 valence electrons. The average Bonchev–Trinajstić information content (AvgIpc) is 2.39. The smallest absolute Gasteiger partial charge is 0.123 e. The lowest BCUT2D eigenvalue weighted by Gasteiger charge is -2.20. The minimum atomic E-state index is 0.282. The lowest BCUT2D eigenvalue weighted by molar-refractivity contribution is 0.112. The Morgan fingerprint density at radius 1 is 1.28 bits per heavy atom. The Kier molecular flexibility index (Phi) is 6.54. The van der Waals surface area contributed by atoms with Crippen LogP contribution in [-0.2, 0) is 11.3 Å². The van der Waals surface area contributed by atoms with Crippen molar-refractivity contribution < 1.29 is 14.6 Å². The number of methoxy groups -OCH3 is 1. The summed E-state index contributed by atoms with van der Waals surface area (Å²) >= 11 is 0. The summed E-state index contributed by atoms with van der Waals surface area (Å²) in [5.41, 5.74) is 0.911. The van der Waals surface area contributed by atoms with E-state index in [-0.39, 0.29) is 5.75 Å². The SMILES string of the molecule is CCOCCN(CC)Cc1ccc(OC)cc1O. The molecule has 0 saturated heterocycles. The second-order valence-corrected chi connectivity index (χ2v) is 4.06. The van der Waals surface area contributed by atoms with Gasteiger partial charge in [0, 0.05) is 31.3 Å². The molecule has 0 aliphatic carbocycles. The Balaban J connectivity index is 2.58. The second-order valence-electron chi connectivity index (χ2n) is 4.06. The van der Waals surface area contributed by atoms with E-state index in [9.17, 15) is 5.11 Å². The molecule has 0 aromatic heterocycles. The van der Waals surface area contributed by atoms with E-state index in [0.717, 1.165) is 38.4 Å². The Labute approximate surface area is 109 Å². The molecule has 4 nitrogen and oxygen atoms in total. The van der Waals surface area contributed by atoms with Gasteiger partial charge in [-0.2, -0.15) is 0 Å². The molecule has 0 atom stereocenters. The number of aromatic hydroxyl groups is 1. The molecule has 0 aliphatic heterocycles. The summed E-state index contributed by atoms with van der Waals surface area (Å²) in [6, 6.07) is 5.41. The summed E-state index contributed by atoms with van der Waals surface area (Å²) in [6.45, 7) is 8.08. The van der Waals surface area contributed by atoms with Crippen LogP contribution in [0.4, 0.5) is 0 Å². The second kappa shape index (κ2) is 7.95. The summed E-state index contributed by atoms with van der Waals surface area (Å²) in [5.74, 6) is 0.956. The van der Waals surface area contributed by atoms with E-state index < -0.39 is 0 Å². The van der Waals surface area contributed by atoms with E-state index in [1.54, 1.807) is 13.2 Å². The number of benzene rings is 1. The van der Waals surface area contributed by atoms with Crippen molar-refractivity contribution >= 4 is 0 Å². The molecule has 0 radical (unpaired) electrons. The van der Waals surface area contributed by atoms with Crippen molar-refractivity contribution in [3.63, 3.8) is 0 Å². The fourth-order valence-corrected chi connectivity index (χ4v) is 1.73. The molecule has 0 saturated carbocycles. The standard InChI is InChI=1S/C14H23NO3/c1-4-15(8-9-18-5-2)11-12-6-7-13(17-3)10-14(12)16/h6-7,10,16H,4-5,8-9,11H2,1-3H3. The van der Waals surface area contributed by atoms with E-state index in [1.165, 1.54) is 0 Å². The number of hydrogen-bond donors (Lipinski definition) is 1. The van der Waals surface area contributed by atoms with Crippen LogP contribution in [0.1, 0.15) is 19.4 Å². The van der Waals surface area contributed by atoms with Crippen molar-refractivity contribution in [2.24, 2.45) is 0 Å². The molecule has 18 heavy (non-hydrogen) atoms. The van der Waals surface area contributed by atoms with Gasteiger partial charge in [-0.3, -0.25) is 4.90 Å². The maximum Gasteiger partial charge on any atom is 0.123 e. The summed E-state index contributed by atoms with van der Waals surface area (Å²) < 4.78 is 10.4. The molecule has 0 spiro atoms. The van der Waals surface area contributed by atoms with Gasteiger partial charge < -0.3 is 14.6 Å². The number of phenols is 1. The minimum absolute atomic E-state index is 0.282. The Morgan fingerprint density at radius 3 is 2.61 bits per heavy atom. The fraction of sp³-hybridized carbons (Fsp3) is 0.571. The van der Waals surface area contributed by atoms with E-state index in [4.69, 9.17) is 9.47 Å². The van der Waals surface area contributed by atoms with Gasteiger partial charge in [-0.25, -0.2) is 0 Å². The van der Waals surface area contributed by atoms with Crippen molar-refractivity contribution in [3.8, 4) is 11.5 Å². The maximum atomic E-state index is 9.90. The summed E-state index contributed by atoms with van der Waals surface area (Å²) in [6.07, 6.45) is 0. The quantitative estimate of drug-likeness (QED) is 0.722. The van der Waals surface area contributed by atoms with Gasteiger partial charge in [0.2, 0.25) is 0 Å². The van der Waals surface area contributed by atoms with E-state index >= 15 is 0 Å². The Hall–Kier alpha value is -1.26. The van der Waals surface area contributed by atoms with Crippen LogP contribution in [0.25, 0.3) is 0 Å². The van der Waals surface area contributed by atoms with Gasteiger partial charge in [-0.05, 0) is 19.5 Å². The first-order valence-electron chi connectivity index (χ1n) is 6.37. The fourth-order valence-electron chi connectivity index (χ4n) is 1.73. The largest absolute Gasteiger partial charge is 0.507 e. The molecule has 0 heterocycles. The summed E-state index contributed by atoms with van der Waals surface area (Å²) in [7, 11) is 1.59. The number of ether oxygens (including phenoxy) is 2. The highest BCUT2D eigenvalue weighted by Crippen LogP contribution is 2.24. The predicted octanol–water partition coefficient (Wildman–Crippen LogP) is 2.26. The van der Waals surface area contributed by atoms with Crippen molar-refractivity contribution in [3.05, 3.63) is 23.8 Å². The minimum Gasteiger partial charge on any atom is -0.507 e. The molecular weight excluding hydrogens is 230 g/mol. The van der Waals surface area contributed by atoms with Gasteiger partial charge in [-0.15, -0.1) is 0 Å². The van der Waals surface area contributed by atoms with Crippen LogP contribution < -0.4 is 4.74 Å². The lowest BCUT2D eigenvalue weighted by atomic mass is 10.1. The lowest BCUT2D eigenvalue weighted by Crippen LogP contribution is -2.27. The molecule has 1 aromatic rings. The number of phenolic OH excluding ortho intramolecular Hbond substituents is 1. The third-order valence-electron chi connectivity index (χ3n) is 2.89. The van der Waals surface area contributed by atoms with Crippen LogP contribution in [0, 0.1) is 0 Å². The summed E-state index contributed by atoms with van der Waals surface area (Å²) in [5, 5.41) is 9.90. The topological polar surface area (TPSA) is 41.9 Å². The van der Waals surface area contributed by atoms with Crippen molar-refractivity contribution in [1.29, 1.82) is 0 Å². The molecular formula is C14H23NO3. The first-order valence-corrected chi connectivity index (χ1v) is 6.37. The number of rotatable bonds is 8. The monoisotopic (exact) mass is 253 g/mol. The van der Waals surface area contributed by atoms with E-state index in [0.29, 0.717) is 5.75 Å². The molecule has 0 unspecified atom stereocenters. The van der Waals surface area contributed by atoms with E-state index in [2.05, 4.69) is 11.8 Å². The number of nitrogens with zero attached hydrogens (tertiary/aromatic N) is 1. The third-order valence-corrected chi connectivity index (χ3v) is 2.89. The third kappa shape index (κ3) is 4.55. The van der Waals surface area contributed by atoms with Crippen molar-refractivity contribution in [2.75, 3.05) is 33.4 Å². The molecule has 4 heteroatoms. The first kappa shape index (κ1) is 14.8. The molecule has 0 aliphatic rings. The van der Waals surface area contributed by atoms with Gasteiger partial charge in [0.25, 0.3) is 0 Å². The van der Waals surface area contributed by atoms with Crippen LogP contribution in [0.5, 0.6) is 11.5 Å². The van der Waals surface area contributed by atoms with Gasteiger partial charge in [-0.1, -0.05) is 13.0 Å². The molecule has 1 rings (SSSR count). The Morgan fingerprint density at radius 2 is 2.06 bits per heavy atom. The van der Waals surface area contributed by atoms with Gasteiger partial charge >= 0.3 is 0 Å². The number of likely N-dealkylation sites (N-methyl/N-ethyl adjacent to an activating group) is 1. The summed E-state index contributed by atoms with van der Waals surface area (Å²) in [4.78, 5) is 2.23. The van der Waals surface area contributed by atoms with Crippen LogP contribution in [-0.4, -0.2) is 43.4 Å². The zero-order chi connectivity index (χ0) is 13.4. The Bertz CT molecular complexity index is 355. The highest BCUT2D eigenvalue weighted by Gasteiger charge is 2.08. The van der Waals surface area contributed by atoms with Crippen molar-refractivity contribution in [2.45, 2.75) is 20.4 Å².